The lowest BCUT2D eigenvalue weighted by Crippen LogP contribution is -2.39. The largest absolute Gasteiger partial charge is 0.494 e. The highest BCUT2D eigenvalue weighted by Gasteiger charge is 2.40. The summed E-state index contributed by atoms with van der Waals surface area (Å²) < 4.78 is 5.63. The summed E-state index contributed by atoms with van der Waals surface area (Å²) in [6.07, 6.45) is 0. The van der Waals surface area contributed by atoms with Gasteiger partial charge < -0.3 is 10.1 Å². The van der Waals surface area contributed by atoms with E-state index < -0.39 is 11.8 Å². The van der Waals surface area contributed by atoms with Crippen LogP contribution in [-0.2, 0) is 4.79 Å². The van der Waals surface area contributed by atoms with Crippen molar-refractivity contribution in [2.75, 3.05) is 12.4 Å². The zero-order valence-corrected chi connectivity index (χ0v) is 13.8. The van der Waals surface area contributed by atoms with E-state index in [0.29, 0.717) is 28.5 Å². The highest BCUT2D eigenvalue weighted by Crippen LogP contribution is 2.42. The van der Waals surface area contributed by atoms with Crippen LogP contribution in [0, 0.1) is 28.6 Å². The number of thioether (sulfide) groups is 1. The molecule has 0 aliphatic carbocycles. The van der Waals surface area contributed by atoms with E-state index >= 15 is 0 Å². The fourth-order valence-electron chi connectivity index (χ4n) is 2.59. The van der Waals surface area contributed by atoms with Crippen LogP contribution >= 0.6 is 11.8 Å². The number of carbonyl (C=O) groups is 1. The highest BCUT2D eigenvalue weighted by atomic mass is 32.2. The molecule has 1 heterocycles. The van der Waals surface area contributed by atoms with Crippen LogP contribution in [0.5, 0.6) is 5.75 Å². The van der Waals surface area contributed by atoms with Gasteiger partial charge in [0.15, 0.2) is 0 Å². The molecule has 2 atom stereocenters. The fourth-order valence-corrected chi connectivity index (χ4v) is 3.38. The lowest BCUT2D eigenvalue weighted by atomic mass is 9.79. The number of ether oxygens (including phenoxy) is 1. The average Bonchev–Trinajstić information content (AvgIpc) is 2.55. The third kappa shape index (κ3) is 3.33. The van der Waals surface area contributed by atoms with Gasteiger partial charge >= 0.3 is 0 Å². The monoisotopic (exact) mass is 327 g/mol. The summed E-state index contributed by atoms with van der Waals surface area (Å²) in [7, 11) is 0. The van der Waals surface area contributed by atoms with Crippen molar-refractivity contribution in [3.63, 3.8) is 0 Å². The van der Waals surface area contributed by atoms with Crippen LogP contribution in [0.4, 0.5) is 0 Å². The molecular weight excluding hydrogens is 310 g/mol. The number of para-hydroxylation sites is 1. The van der Waals surface area contributed by atoms with Gasteiger partial charge in [0.05, 0.1) is 35.3 Å². The predicted octanol–water partition coefficient (Wildman–Crippen LogP) is 2.93. The summed E-state index contributed by atoms with van der Waals surface area (Å²) in [5.41, 5.74) is 1.11. The molecule has 1 aliphatic heterocycles. The third-order valence-corrected chi connectivity index (χ3v) is 4.41. The van der Waals surface area contributed by atoms with E-state index in [-0.39, 0.29) is 5.91 Å². The molecule has 2 rings (SSSR count). The van der Waals surface area contributed by atoms with Crippen LogP contribution in [0.1, 0.15) is 25.3 Å². The van der Waals surface area contributed by atoms with Crippen LogP contribution in [0.3, 0.4) is 0 Å². The molecule has 0 bridgehead atoms. The molecule has 118 valence electrons. The number of rotatable bonds is 5. The van der Waals surface area contributed by atoms with Gasteiger partial charge in [0.1, 0.15) is 11.7 Å². The number of allylic oxidation sites excluding steroid dienone is 1. The van der Waals surface area contributed by atoms with Gasteiger partial charge in [0.2, 0.25) is 5.91 Å². The summed E-state index contributed by atoms with van der Waals surface area (Å²) in [6, 6.07) is 11.5. The van der Waals surface area contributed by atoms with E-state index in [9.17, 15) is 15.3 Å². The molecule has 0 unspecified atom stereocenters. The number of amides is 1. The Balaban J connectivity index is 2.63. The topological polar surface area (TPSA) is 85.9 Å². The fraction of sp³-hybridized carbons (Fsp3) is 0.353. The number of nitriles is 2. The van der Waals surface area contributed by atoms with E-state index in [1.807, 2.05) is 38.1 Å². The molecule has 1 amide bonds. The van der Waals surface area contributed by atoms with Crippen LogP contribution < -0.4 is 10.1 Å². The molecule has 23 heavy (non-hydrogen) atoms. The Kier molecular flexibility index (Phi) is 5.67. The smallest absolute Gasteiger partial charge is 0.243 e. The van der Waals surface area contributed by atoms with E-state index in [1.54, 1.807) is 6.07 Å². The molecule has 1 N–H and O–H groups in total. The van der Waals surface area contributed by atoms with Gasteiger partial charge in [-0.2, -0.15) is 10.5 Å². The third-order valence-electron chi connectivity index (χ3n) is 3.51. The first kappa shape index (κ1) is 16.9. The van der Waals surface area contributed by atoms with Crippen LogP contribution in [0.25, 0.3) is 0 Å². The van der Waals surface area contributed by atoms with E-state index in [2.05, 4.69) is 11.4 Å². The second-order valence-corrected chi connectivity index (χ2v) is 6.11. The second-order valence-electron chi connectivity index (χ2n) is 4.83. The first-order valence-electron chi connectivity index (χ1n) is 7.37. The van der Waals surface area contributed by atoms with Crippen molar-refractivity contribution < 1.29 is 9.53 Å². The number of nitrogens with one attached hydrogen (secondary N) is 1. The summed E-state index contributed by atoms with van der Waals surface area (Å²) >= 11 is 1.39. The van der Waals surface area contributed by atoms with Gasteiger partial charge in [0.25, 0.3) is 0 Å². The molecule has 6 heteroatoms. The average molecular weight is 327 g/mol. The lowest BCUT2D eigenvalue weighted by Gasteiger charge is -2.29. The minimum atomic E-state index is -0.951. The summed E-state index contributed by atoms with van der Waals surface area (Å²) in [5, 5.41) is 22.3. The standard InChI is InChI=1S/C17H17N3O2S/c1-3-22-14-8-6-5-7-11(14)15-12(9-18)16(21)20-17(23-4-2)13(15)10-19/h5-8,12,15H,3-4H2,1-2H3,(H,20,21)/t12-,15-/m0/s1. The summed E-state index contributed by atoms with van der Waals surface area (Å²) in [4.78, 5) is 12.3. The van der Waals surface area contributed by atoms with Gasteiger partial charge in [-0.05, 0) is 18.7 Å². The van der Waals surface area contributed by atoms with Crippen molar-refractivity contribution in [1.82, 2.24) is 5.32 Å². The van der Waals surface area contributed by atoms with Gasteiger partial charge in [0, 0.05) is 5.56 Å². The molecule has 0 saturated heterocycles. The van der Waals surface area contributed by atoms with Crippen LogP contribution in [0.15, 0.2) is 34.9 Å². The SMILES string of the molecule is CCOc1ccccc1[C@@H]1C(C#N)=C(SCC)NC(=O)[C@H]1C#N. The quantitative estimate of drug-likeness (QED) is 0.898. The Bertz CT molecular complexity index is 715. The number of hydrogen-bond donors (Lipinski definition) is 1. The van der Waals surface area contributed by atoms with E-state index in [0.717, 1.165) is 5.75 Å². The van der Waals surface area contributed by atoms with Crippen molar-refractivity contribution >= 4 is 17.7 Å². The zero-order chi connectivity index (χ0) is 16.8. The van der Waals surface area contributed by atoms with Gasteiger partial charge in [-0.3, -0.25) is 4.79 Å². The Morgan fingerprint density at radius 3 is 2.65 bits per heavy atom. The molecule has 1 aliphatic rings. The molecule has 0 spiro atoms. The molecule has 1 aromatic rings. The van der Waals surface area contributed by atoms with Crippen molar-refractivity contribution in [2.24, 2.45) is 5.92 Å². The van der Waals surface area contributed by atoms with Crippen molar-refractivity contribution in [3.05, 3.63) is 40.4 Å². The predicted molar refractivity (Wildman–Crippen MR) is 88.4 cm³/mol. The first-order chi connectivity index (χ1) is 11.2. The first-order valence-corrected chi connectivity index (χ1v) is 8.35. The maximum absolute atomic E-state index is 12.3. The van der Waals surface area contributed by atoms with Crippen LogP contribution in [0.2, 0.25) is 0 Å². The molecule has 5 nitrogen and oxygen atoms in total. The normalized spacial score (nSPS) is 20.4. The highest BCUT2D eigenvalue weighted by molar-refractivity contribution is 8.03. The lowest BCUT2D eigenvalue weighted by molar-refractivity contribution is -0.123. The van der Waals surface area contributed by atoms with Gasteiger partial charge in [-0.25, -0.2) is 0 Å². The number of benzene rings is 1. The Morgan fingerprint density at radius 1 is 1.30 bits per heavy atom. The maximum Gasteiger partial charge on any atom is 0.243 e. The van der Waals surface area contributed by atoms with E-state index in [4.69, 9.17) is 4.74 Å². The Labute approximate surface area is 139 Å². The van der Waals surface area contributed by atoms with Crippen molar-refractivity contribution in [2.45, 2.75) is 19.8 Å². The summed E-state index contributed by atoms with van der Waals surface area (Å²) in [5.74, 6) is -0.622. The van der Waals surface area contributed by atoms with Crippen molar-refractivity contribution in [3.8, 4) is 17.9 Å². The molecule has 0 aromatic heterocycles. The zero-order valence-electron chi connectivity index (χ0n) is 13.0. The number of nitrogens with zero attached hydrogens (tertiary/aromatic N) is 2. The second kappa shape index (κ2) is 7.71. The van der Waals surface area contributed by atoms with Gasteiger partial charge in [-0.15, -0.1) is 11.8 Å². The maximum atomic E-state index is 12.3. The Hall–Kier alpha value is -2.44. The minimum Gasteiger partial charge on any atom is -0.494 e. The molecule has 0 saturated carbocycles. The molecule has 1 aromatic carbocycles. The Morgan fingerprint density at radius 2 is 2.04 bits per heavy atom. The van der Waals surface area contributed by atoms with Crippen molar-refractivity contribution in [1.29, 1.82) is 10.5 Å². The molecule has 0 fully saturated rings. The van der Waals surface area contributed by atoms with Gasteiger partial charge in [-0.1, -0.05) is 25.1 Å². The van der Waals surface area contributed by atoms with Crippen LogP contribution in [-0.4, -0.2) is 18.3 Å². The number of carbonyl (C=O) groups excluding carboxylic acids is 1. The summed E-state index contributed by atoms with van der Waals surface area (Å²) in [6.45, 7) is 4.28. The minimum absolute atomic E-state index is 0.376. The number of hydrogen-bond acceptors (Lipinski definition) is 5. The molecular formula is C17H17N3O2S. The van der Waals surface area contributed by atoms with E-state index in [1.165, 1.54) is 11.8 Å². The molecule has 0 radical (unpaired) electrons.